The minimum Gasteiger partial charge on any atom is -0.462 e. The first-order chi connectivity index (χ1) is 9.58. The highest BCUT2D eigenvalue weighted by Gasteiger charge is 2.16. The molecule has 0 aliphatic rings. The lowest BCUT2D eigenvalue weighted by Gasteiger charge is -2.07. The van der Waals surface area contributed by atoms with Gasteiger partial charge in [-0.2, -0.15) is 0 Å². The summed E-state index contributed by atoms with van der Waals surface area (Å²) in [6.07, 6.45) is 0.519. The largest absolute Gasteiger partial charge is 0.462 e. The molecule has 2 aromatic rings. The van der Waals surface area contributed by atoms with Crippen molar-refractivity contribution >= 4 is 11.7 Å². The maximum absolute atomic E-state index is 13.4. The lowest BCUT2D eigenvalue weighted by Crippen LogP contribution is -2.11. The van der Waals surface area contributed by atoms with Crippen molar-refractivity contribution in [3.05, 3.63) is 65.2 Å². The molecule has 0 fully saturated rings. The zero-order valence-corrected chi connectivity index (χ0v) is 10.6. The van der Waals surface area contributed by atoms with Gasteiger partial charge in [0, 0.05) is 12.5 Å². The van der Waals surface area contributed by atoms with Gasteiger partial charge in [-0.15, -0.1) is 0 Å². The molecule has 0 unspecified atom stereocenters. The van der Waals surface area contributed by atoms with Crippen molar-refractivity contribution < 1.29 is 18.3 Å². The summed E-state index contributed by atoms with van der Waals surface area (Å²) in [6, 6.07) is 10.9. The van der Waals surface area contributed by atoms with Crippen LogP contribution in [0.5, 0.6) is 0 Å². The monoisotopic (exact) mass is 277 g/mol. The summed E-state index contributed by atoms with van der Waals surface area (Å²) in [7, 11) is 0. The predicted octanol–water partition coefficient (Wildman–Crippen LogP) is 2.95. The van der Waals surface area contributed by atoms with Gasteiger partial charge < -0.3 is 10.5 Å². The number of esters is 1. The fraction of sp³-hybridized carbons (Fsp3) is 0.133. The van der Waals surface area contributed by atoms with Crippen LogP contribution in [0.3, 0.4) is 0 Å². The summed E-state index contributed by atoms with van der Waals surface area (Å²) in [5.41, 5.74) is 5.64. The zero-order chi connectivity index (χ0) is 14.5. The Balaban J connectivity index is 1.97. The summed E-state index contributed by atoms with van der Waals surface area (Å²) in [5.74, 6) is -2.74. The first kappa shape index (κ1) is 14.0. The average Bonchev–Trinajstić information content (AvgIpc) is 2.44. The third-order valence-corrected chi connectivity index (χ3v) is 2.77. The second-order valence-corrected chi connectivity index (χ2v) is 4.23. The number of nitrogens with two attached hydrogens (primary N) is 1. The lowest BCUT2D eigenvalue weighted by molar-refractivity contribution is 0.0504. The van der Waals surface area contributed by atoms with Gasteiger partial charge in [0.2, 0.25) is 0 Å². The number of halogens is 2. The molecule has 0 radical (unpaired) electrons. The molecule has 0 heterocycles. The number of rotatable bonds is 4. The molecular formula is C15H13F2NO2. The number of benzene rings is 2. The highest BCUT2D eigenvalue weighted by molar-refractivity contribution is 5.90. The quantitative estimate of drug-likeness (QED) is 0.690. The molecule has 20 heavy (non-hydrogen) atoms. The minimum atomic E-state index is -0.985. The van der Waals surface area contributed by atoms with Crippen LogP contribution in [0.15, 0.2) is 42.5 Å². The molecule has 2 aromatic carbocycles. The first-order valence-electron chi connectivity index (χ1n) is 6.03. The molecule has 0 aliphatic heterocycles. The van der Waals surface area contributed by atoms with Crippen LogP contribution in [0.2, 0.25) is 0 Å². The Morgan fingerprint density at radius 3 is 2.50 bits per heavy atom. The summed E-state index contributed by atoms with van der Waals surface area (Å²) >= 11 is 0. The van der Waals surface area contributed by atoms with Crippen LogP contribution >= 0.6 is 0 Å². The van der Waals surface area contributed by atoms with Crippen LogP contribution in [0.4, 0.5) is 14.5 Å². The van der Waals surface area contributed by atoms with Crippen molar-refractivity contribution in [2.24, 2.45) is 0 Å². The molecule has 0 aliphatic carbocycles. The fourth-order valence-corrected chi connectivity index (χ4v) is 1.71. The van der Waals surface area contributed by atoms with E-state index in [1.165, 1.54) is 0 Å². The second-order valence-electron chi connectivity index (χ2n) is 4.23. The number of nitrogen functional groups attached to an aromatic ring is 1. The Labute approximate surface area is 115 Å². The molecule has 0 spiro atoms. The van der Waals surface area contributed by atoms with Crippen LogP contribution in [-0.4, -0.2) is 12.6 Å². The normalized spacial score (nSPS) is 10.3. The summed E-state index contributed by atoms with van der Waals surface area (Å²) in [6.45, 7) is 0.111. The average molecular weight is 277 g/mol. The molecule has 2 N–H and O–H groups in total. The van der Waals surface area contributed by atoms with Crippen LogP contribution in [0.25, 0.3) is 0 Å². The van der Waals surface area contributed by atoms with E-state index in [9.17, 15) is 13.6 Å². The van der Waals surface area contributed by atoms with Gasteiger partial charge in [-0.05, 0) is 11.6 Å². The molecule has 0 saturated heterocycles. The van der Waals surface area contributed by atoms with Gasteiger partial charge in [0.05, 0.1) is 17.9 Å². The lowest BCUT2D eigenvalue weighted by atomic mass is 10.1. The maximum Gasteiger partial charge on any atom is 0.341 e. The van der Waals surface area contributed by atoms with E-state index < -0.39 is 17.6 Å². The number of anilines is 1. The van der Waals surface area contributed by atoms with Crippen molar-refractivity contribution in [2.45, 2.75) is 6.42 Å². The van der Waals surface area contributed by atoms with Crippen molar-refractivity contribution in [1.29, 1.82) is 0 Å². The van der Waals surface area contributed by atoms with Gasteiger partial charge in [-0.3, -0.25) is 0 Å². The Bertz CT molecular complexity index is 615. The van der Waals surface area contributed by atoms with Crippen molar-refractivity contribution in [1.82, 2.24) is 0 Å². The Morgan fingerprint density at radius 2 is 1.80 bits per heavy atom. The molecule has 104 valence electrons. The van der Waals surface area contributed by atoms with E-state index in [0.717, 1.165) is 11.6 Å². The number of hydrogen-bond donors (Lipinski definition) is 1. The van der Waals surface area contributed by atoms with E-state index in [4.69, 9.17) is 10.5 Å². The van der Waals surface area contributed by atoms with Gasteiger partial charge in [0.25, 0.3) is 0 Å². The van der Waals surface area contributed by atoms with E-state index in [2.05, 4.69) is 0 Å². The predicted molar refractivity (Wildman–Crippen MR) is 71.2 cm³/mol. The maximum atomic E-state index is 13.4. The Kier molecular flexibility index (Phi) is 4.30. The summed E-state index contributed by atoms with van der Waals surface area (Å²) < 4.78 is 31.4. The second kappa shape index (κ2) is 6.14. The fourth-order valence-electron chi connectivity index (χ4n) is 1.71. The Hall–Kier alpha value is -2.43. The molecule has 0 amide bonds. The number of carbonyl (C=O) groups is 1. The van der Waals surface area contributed by atoms with E-state index >= 15 is 0 Å². The van der Waals surface area contributed by atoms with E-state index in [1.807, 2.05) is 30.3 Å². The van der Waals surface area contributed by atoms with E-state index in [-0.39, 0.29) is 17.9 Å². The van der Waals surface area contributed by atoms with Crippen molar-refractivity contribution in [3.63, 3.8) is 0 Å². The summed E-state index contributed by atoms with van der Waals surface area (Å²) in [4.78, 5) is 11.7. The molecule has 0 bridgehead atoms. The topological polar surface area (TPSA) is 52.3 Å². The molecule has 3 nitrogen and oxygen atoms in total. The van der Waals surface area contributed by atoms with Crippen molar-refractivity contribution in [2.75, 3.05) is 12.3 Å². The highest BCUT2D eigenvalue weighted by Crippen LogP contribution is 2.17. The van der Waals surface area contributed by atoms with Crippen LogP contribution in [0.1, 0.15) is 15.9 Å². The first-order valence-corrected chi connectivity index (χ1v) is 6.03. The zero-order valence-electron chi connectivity index (χ0n) is 10.6. The molecular weight excluding hydrogens is 264 g/mol. The number of carbonyl (C=O) groups excluding carboxylic acids is 1. The van der Waals surface area contributed by atoms with Crippen LogP contribution in [-0.2, 0) is 11.2 Å². The third-order valence-electron chi connectivity index (χ3n) is 2.77. The smallest absolute Gasteiger partial charge is 0.341 e. The van der Waals surface area contributed by atoms with Gasteiger partial charge in [-0.25, -0.2) is 13.6 Å². The third kappa shape index (κ3) is 3.32. The summed E-state index contributed by atoms with van der Waals surface area (Å²) in [5, 5.41) is 0. The molecule has 0 saturated carbocycles. The Morgan fingerprint density at radius 1 is 1.10 bits per heavy atom. The molecule has 0 atom stereocenters. The minimum absolute atomic E-state index is 0.111. The van der Waals surface area contributed by atoms with Gasteiger partial charge in [0.1, 0.15) is 11.6 Å². The highest BCUT2D eigenvalue weighted by atomic mass is 19.1. The number of ether oxygens (including phenoxy) is 1. The SMILES string of the molecule is Nc1cc(C(=O)OCCc2ccccc2)c(F)cc1F. The van der Waals surface area contributed by atoms with Gasteiger partial charge >= 0.3 is 5.97 Å². The molecule has 0 aromatic heterocycles. The van der Waals surface area contributed by atoms with Crippen LogP contribution in [0, 0.1) is 11.6 Å². The van der Waals surface area contributed by atoms with Crippen molar-refractivity contribution in [3.8, 4) is 0 Å². The van der Waals surface area contributed by atoms with E-state index in [0.29, 0.717) is 12.5 Å². The van der Waals surface area contributed by atoms with E-state index in [1.54, 1.807) is 0 Å². The van der Waals surface area contributed by atoms with Gasteiger partial charge in [-0.1, -0.05) is 30.3 Å². The van der Waals surface area contributed by atoms with Gasteiger partial charge in [0.15, 0.2) is 0 Å². The number of hydrogen-bond acceptors (Lipinski definition) is 3. The molecule has 5 heteroatoms. The van der Waals surface area contributed by atoms with Crippen LogP contribution < -0.4 is 5.73 Å². The standard InChI is InChI=1S/C15H13F2NO2/c16-12-9-13(17)14(18)8-11(12)15(19)20-7-6-10-4-2-1-3-5-10/h1-5,8-9H,6-7,18H2. The molecule has 2 rings (SSSR count).